The van der Waals surface area contributed by atoms with E-state index in [0.717, 1.165) is 19.4 Å². The zero-order chi connectivity index (χ0) is 10.7. The first-order valence-corrected chi connectivity index (χ1v) is 6.12. The lowest BCUT2D eigenvalue weighted by molar-refractivity contribution is 0.462. The summed E-state index contributed by atoms with van der Waals surface area (Å²) in [6, 6.07) is 2.88. The number of nitrogens with one attached hydrogen (secondary N) is 1. The van der Waals surface area contributed by atoms with Crippen molar-refractivity contribution in [2.24, 2.45) is 0 Å². The summed E-state index contributed by atoms with van der Waals surface area (Å²) < 4.78 is 2.20. The van der Waals surface area contributed by atoms with Crippen molar-refractivity contribution in [1.29, 1.82) is 0 Å². The van der Waals surface area contributed by atoms with Gasteiger partial charge in [-0.15, -0.1) is 0 Å². The second-order valence-electron chi connectivity index (χ2n) is 4.31. The molecule has 1 aromatic heterocycles. The van der Waals surface area contributed by atoms with Crippen LogP contribution >= 0.6 is 0 Å². The summed E-state index contributed by atoms with van der Waals surface area (Å²) in [7, 11) is 0. The van der Waals surface area contributed by atoms with Gasteiger partial charge in [-0.25, -0.2) is 0 Å². The van der Waals surface area contributed by atoms with Gasteiger partial charge >= 0.3 is 0 Å². The average molecular weight is 207 g/mol. The molecule has 1 saturated heterocycles. The van der Waals surface area contributed by atoms with E-state index in [1.807, 2.05) is 0 Å². The largest absolute Gasteiger partial charge is 0.312 e. The lowest BCUT2D eigenvalue weighted by Crippen LogP contribution is -2.28. The summed E-state index contributed by atoms with van der Waals surface area (Å²) in [5.74, 6) is 0. The minimum Gasteiger partial charge on any atom is -0.312 e. The Bertz CT molecular complexity index is 311. The second-order valence-corrected chi connectivity index (χ2v) is 4.31. The molecule has 0 unspecified atom stereocenters. The normalized spacial score (nSPS) is 21.1. The van der Waals surface area contributed by atoms with Crippen LogP contribution in [0.25, 0.3) is 0 Å². The van der Waals surface area contributed by atoms with Crippen LogP contribution in [0.2, 0.25) is 0 Å². The molecule has 1 fully saturated rings. The van der Waals surface area contributed by atoms with Gasteiger partial charge in [0.15, 0.2) is 0 Å². The molecule has 2 heterocycles. The molecule has 1 atom stereocenters. The Morgan fingerprint density at radius 3 is 2.93 bits per heavy atom. The predicted octanol–water partition coefficient (Wildman–Crippen LogP) is 1.76. The van der Waals surface area contributed by atoms with Gasteiger partial charge in [0.25, 0.3) is 0 Å². The molecule has 1 aromatic rings. The Morgan fingerprint density at radius 1 is 1.47 bits per heavy atom. The molecule has 2 rings (SSSR count). The molecule has 0 bridgehead atoms. The number of aromatic nitrogens is 2. The molecule has 84 valence electrons. The standard InChI is InChI=1S/C12H21N3/c1-3-10-8-12(4-2)15(14-10)9-11-6-5-7-13-11/h8,11,13H,3-7,9H2,1-2H3/t11-/m1/s1. The summed E-state index contributed by atoms with van der Waals surface area (Å²) in [5.41, 5.74) is 2.60. The minimum absolute atomic E-state index is 0.639. The van der Waals surface area contributed by atoms with Crippen LogP contribution in [0.3, 0.4) is 0 Å². The molecule has 15 heavy (non-hydrogen) atoms. The van der Waals surface area contributed by atoms with Crippen molar-refractivity contribution in [3.63, 3.8) is 0 Å². The molecular weight excluding hydrogens is 186 g/mol. The van der Waals surface area contributed by atoms with E-state index in [9.17, 15) is 0 Å². The number of aryl methyl sites for hydroxylation is 2. The fraction of sp³-hybridized carbons (Fsp3) is 0.750. The van der Waals surface area contributed by atoms with E-state index in [2.05, 4.69) is 35.0 Å². The Morgan fingerprint density at radius 2 is 2.33 bits per heavy atom. The van der Waals surface area contributed by atoms with Crippen molar-refractivity contribution in [2.75, 3.05) is 6.54 Å². The molecule has 0 aromatic carbocycles. The van der Waals surface area contributed by atoms with Crippen molar-refractivity contribution in [2.45, 2.75) is 52.1 Å². The fourth-order valence-corrected chi connectivity index (χ4v) is 2.25. The second kappa shape index (κ2) is 4.79. The van der Waals surface area contributed by atoms with Gasteiger partial charge in [-0.1, -0.05) is 13.8 Å². The Balaban J connectivity index is 2.07. The number of hydrogen-bond acceptors (Lipinski definition) is 2. The zero-order valence-corrected chi connectivity index (χ0v) is 9.79. The summed E-state index contributed by atoms with van der Waals surface area (Å²) in [5, 5.41) is 8.16. The molecule has 1 N–H and O–H groups in total. The van der Waals surface area contributed by atoms with Gasteiger partial charge in [0.2, 0.25) is 0 Å². The highest BCUT2D eigenvalue weighted by atomic mass is 15.3. The van der Waals surface area contributed by atoms with E-state index in [1.54, 1.807) is 0 Å². The van der Waals surface area contributed by atoms with Crippen molar-refractivity contribution in [3.05, 3.63) is 17.5 Å². The summed E-state index contributed by atoms with van der Waals surface area (Å²) >= 11 is 0. The monoisotopic (exact) mass is 207 g/mol. The highest BCUT2D eigenvalue weighted by Gasteiger charge is 2.16. The molecular formula is C12H21N3. The third-order valence-electron chi connectivity index (χ3n) is 3.19. The highest BCUT2D eigenvalue weighted by molar-refractivity contribution is 5.10. The first-order valence-electron chi connectivity index (χ1n) is 6.12. The van der Waals surface area contributed by atoms with E-state index in [0.29, 0.717) is 6.04 Å². The van der Waals surface area contributed by atoms with Crippen LogP contribution in [0.5, 0.6) is 0 Å². The van der Waals surface area contributed by atoms with Gasteiger partial charge in [0.1, 0.15) is 0 Å². The molecule has 0 aliphatic carbocycles. The predicted molar refractivity (Wildman–Crippen MR) is 62.0 cm³/mol. The first-order chi connectivity index (χ1) is 7.33. The number of rotatable bonds is 4. The molecule has 3 heteroatoms. The van der Waals surface area contributed by atoms with Gasteiger partial charge in [-0.05, 0) is 38.3 Å². The third-order valence-corrected chi connectivity index (χ3v) is 3.19. The summed E-state index contributed by atoms with van der Waals surface area (Å²) in [6.45, 7) is 6.59. The van der Waals surface area contributed by atoms with Crippen LogP contribution < -0.4 is 5.32 Å². The summed E-state index contributed by atoms with van der Waals surface area (Å²) in [4.78, 5) is 0. The highest BCUT2D eigenvalue weighted by Crippen LogP contribution is 2.11. The Kier molecular flexibility index (Phi) is 3.41. The van der Waals surface area contributed by atoms with Crippen molar-refractivity contribution in [1.82, 2.24) is 15.1 Å². The van der Waals surface area contributed by atoms with Crippen LogP contribution in [0.1, 0.15) is 38.1 Å². The van der Waals surface area contributed by atoms with Crippen molar-refractivity contribution < 1.29 is 0 Å². The van der Waals surface area contributed by atoms with Crippen LogP contribution in [-0.2, 0) is 19.4 Å². The maximum absolute atomic E-state index is 4.64. The lowest BCUT2D eigenvalue weighted by atomic mass is 10.2. The van der Waals surface area contributed by atoms with E-state index in [-0.39, 0.29) is 0 Å². The molecule has 3 nitrogen and oxygen atoms in total. The molecule has 0 saturated carbocycles. The van der Waals surface area contributed by atoms with Crippen LogP contribution in [-0.4, -0.2) is 22.4 Å². The quantitative estimate of drug-likeness (QED) is 0.815. The number of hydrogen-bond donors (Lipinski definition) is 1. The molecule has 0 spiro atoms. The molecule has 0 amide bonds. The molecule has 1 aliphatic heterocycles. The SMILES string of the molecule is CCc1cc(CC)n(C[C@H]2CCCN2)n1. The van der Waals surface area contributed by atoms with Crippen molar-refractivity contribution in [3.8, 4) is 0 Å². The first kappa shape index (κ1) is 10.7. The molecule has 1 aliphatic rings. The van der Waals surface area contributed by atoms with Crippen LogP contribution in [0.15, 0.2) is 6.07 Å². The van der Waals surface area contributed by atoms with Crippen molar-refractivity contribution >= 4 is 0 Å². The van der Waals surface area contributed by atoms with E-state index in [4.69, 9.17) is 0 Å². The minimum atomic E-state index is 0.639. The maximum Gasteiger partial charge on any atom is 0.0624 e. The lowest BCUT2D eigenvalue weighted by Gasteiger charge is -2.12. The van der Waals surface area contributed by atoms with Gasteiger partial charge in [-0.3, -0.25) is 4.68 Å². The smallest absolute Gasteiger partial charge is 0.0624 e. The van der Waals surface area contributed by atoms with Crippen LogP contribution in [0.4, 0.5) is 0 Å². The Labute approximate surface area is 91.9 Å². The van der Waals surface area contributed by atoms with Crippen LogP contribution in [0, 0.1) is 0 Å². The average Bonchev–Trinajstić information content (AvgIpc) is 2.87. The summed E-state index contributed by atoms with van der Waals surface area (Å²) in [6.07, 6.45) is 4.73. The molecule has 0 radical (unpaired) electrons. The maximum atomic E-state index is 4.64. The van der Waals surface area contributed by atoms with Gasteiger partial charge in [-0.2, -0.15) is 5.10 Å². The van der Waals surface area contributed by atoms with E-state index >= 15 is 0 Å². The zero-order valence-electron chi connectivity index (χ0n) is 9.79. The van der Waals surface area contributed by atoms with Gasteiger partial charge < -0.3 is 5.32 Å². The Hall–Kier alpha value is -0.830. The third kappa shape index (κ3) is 2.40. The van der Waals surface area contributed by atoms with Gasteiger partial charge in [0, 0.05) is 11.7 Å². The topological polar surface area (TPSA) is 29.9 Å². The van der Waals surface area contributed by atoms with Gasteiger partial charge in [0.05, 0.1) is 12.2 Å². The number of nitrogens with zero attached hydrogens (tertiary/aromatic N) is 2. The van der Waals surface area contributed by atoms with E-state index < -0.39 is 0 Å². The fourth-order valence-electron chi connectivity index (χ4n) is 2.25. The van der Waals surface area contributed by atoms with E-state index in [1.165, 1.54) is 30.8 Å².